The predicted octanol–water partition coefficient (Wildman–Crippen LogP) is 5.06. The van der Waals surface area contributed by atoms with Crippen molar-refractivity contribution in [2.45, 2.75) is 78.1 Å². The molecule has 0 aliphatic carbocycles. The maximum absolute atomic E-state index is 13.9. The fraction of sp³-hybridized carbons (Fsp3) is 0.484. The molecule has 1 N–H and O–H groups in total. The molecule has 9 nitrogen and oxygen atoms in total. The SMILES string of the molecule is CCC(C)(C)n1nnnc1[C@H](c1cc2cc(C)cc(C)c2[nH]c1=O)N(Cc1cccc(OC)c1)C[C@@H]1CCCO1. The van der Waals surface area contributed by atoms with E-state index < -0.39 is 6.04 Å². The maximum Gasteiger partial charge on any atom is 0.253 e. The molecule has 5 rings (SSSR count). The summed E-state index contributed by atoms with van der Waals surface area (Å²) in [5.74, 6) is 1.43. The molecule has 1 aliphatic heterocycles. The van der Waals surface area contributed by atoms with Crippen molar-refractivity contribution >= 4 is 10.9 Å². The summed E-state index contributed by atoms with van der Waals surface area (Å²) in [5, 5.41) is 14.1. The first kappa shape index (κ1) is 28.0. The number of hydrogen-bond acceptors (Lipinski definition) is 7. The first-order valence-corrected chi connectivity index (χ1v) is 14.1. The van der Waals surface area contributed by atoms with E-state index in [1.54, 1.807) is 7.11 Å². The molecule has 1 saturated heterocycles. The number of pyridine rings is 1. The van der Waals surface area contributed by atoms with E-state index in [1.807, 2.05) is 35.9 Å². The Morgan fingerprint density at radius 1 is 1.23 bits per heavy atom. The number of nitrogens with zero attached hydrogens (tertiary/aromatic N) is 5. The van der Waals surface area contributed by atoms with Gasteiger partial charge in [-0.3, -0.25) is 9.69 Å². The molecule has 2 aromatic heterocycles. The Balaban J connectivity index is 1.72. The van der Waals surface area contributed by atoms with Crippen LogP contribution in [0.3, 0.4) is 0 Å². The van der Waals surface area contributed by atoms with Gasteiger partial charge in [0, 0.05) is 25.3 Å². The molecule has 0 bridgehead atoms. The van der Waals surface area contributed by atoms with Gasteiger partial charge >= 0.3 is 0 Å². The molecule has 2 aromatic carbocycles. The summed E-state index contributed by atoms with van der Waals surface area (Å²) in [5.41, 5.74) is 4.23. The molecule has 40 heavy (non-hydrogen) atoms. The molecular formula is C31H40N6O3. The Morgan fingerprint density at radius 3 is 2.77 bits per heavy atom. The van der Waals surface area contributed by atoms with E-state index in [-0.39, 0.29) is 17.2 Å². The highest BCUT2D eigenvalue weighted by Crippen LogP contribution is 2.33. The van der Waals surface area contributed by atoms with Crippen molar-refractivity contribution in [3.05, 3.63) is 80.9 Å². The number of rotatable bonds is 10. The quantitative estimate of drug-likeness (QED) is 0.298. The normalized spacial score (nSPS) is 16.6. The Labute approximate surface area is 235 Å². The summed E-state index contributed by atoms with van der Waals surface area (Å²) in [6, 6.07) is 13.8. The lowest BCUT2D eigenvalue weighted by Gasteiger charge is -2.35. The number of aromatic nitrogens is 5. The highest BCUT2D eigenvalue weighted by molar-refractivity contribution is 5.83. The minimum absolute atomic E-state index is 0.0562. The Morgan fingerprint density at radius 2 is 2.05 bits per heavy atom. The van der Waals surface area contributed by atoms with Crippen LogP contribution in [0.1, 0.15) is 74.2 Å². The lowest BCUT2D eigenvalue weighted by molar-refractivity contribution is 0.0562. The van der Waals surface area contributed by atoms with Crippen LogP contribution in [0.25, 0.3) is 10.9 Å². The second kappa shape index (κ2) is 11.5. The van der Waals surface area contributed by atoms with Crippen LogP contribution in [0, 0.1) is 13.8 Å². The molecule has 0 unspecified atom stereocenters. The van der Waals surface area contributed by atoms with Crippen molar-refractivity contribution in [3.8, 4) is 5.75 Å². The van der Waals surface area contributed by atoms with Crippen molar-refractivity contribution in [1.82, 2.24) is 30.1 Å². The van der Waals surface area contributed by atoms with Crippen molar-refractivity contribution in [2.75, 3.05) is 20.3 Å². The number of fused-ring (bicyclic) bond motifs is 1. The number of aromatic amines is 1. The number of benzene rings is 2. The van der Waals surface area contributed by atoms with Crippen LogP contribution in [0.2, 0.25) is 0 Å². The van der Waals surface area contributed by atoms with E-state index in [9.17, 15) is 4.79 Å². The first-order chi connectivity index (χ1) is 19.2. The molecule has 0 amide bonds. The number of tetrazole rings is 1. The number of methoxy groups -OCH3 is 1. The van der Waals surface area contributed by atoms with Crippen LogP contribution in [0.15, 0.2) is 47.3 Å². The van der Waals surface area contributed by atoms with E-state index in [0.29, 0.717) is 24.5 Å². The summed E-state index contributed by atoms with van der Waals surface area (Å²) >= 11 is 0. The monoisotopic (exact) mass is 544 g/mol. The van der Waals surface area contributed by atoms with E-state index in [1.165, 1.54) is 0 Å². The lowest BCUT2D eigenvalue weighted by atomic mass is 9.97. The van der Waals surface area contributed by atoms with Gasteiger partial charge in [-0.15, -0.1) is 5.10 Å². The van der Waals surface area contributed by atoms with Gasteiger partial charge in [0.1, 0.15) is 11.8 Å². The highest BCUT2D eigenvalue weighted by Gasteiger charge is 2.36. The third-order valence-corrected chi connectivity index (χ3v) is 8.14. The number of H-pyrrole nitrogens is 1. The zero-order valence-corrected chi connectivity index (χ0v) is 24.4. The van der Waals surface area contributed by atoms with E-state index in [0.717, 1.165) is 59.2 Å². The molecule has 0 radical (unpaired) electrons. The average molecular weight is 545 g/mol. The molecule has 0 spiro atoms. The van der Waals surface area contributed by atoms with Gasteiger partial charge in [-0.05, 0) is 98.2 Å². The zero-order chi connectivity index (χ0) is 28.4. The van der Waals surface area contributed by atoms with Crippen LogP contribution < -0.4 is 10.3 Å². The molecule has 9 heteroatoms. The van der Waals surface area contributed by atoms with Crippen LogP contribution in [0.5, 0.6) is 5.75 Å². The fourth-order valence-electron chi connectivity index (χ4n) is 5.67. The molecule has 4 aromatic rings. The first-order valence-electron chi connectivity index (χ1n) is 14.1. The standard InChI is InChI=1S/C31H40N6O3/c1-7-31(4,5)37-29(33-34-35-37)28(26-17-23-15-20(2)14-21(3)27(23)32-30(26)38)36(19-25-12-9-13-40-25)18-22-10-8-11-24(16-22)39-6/h8,10-11,14-17,25,28H,7,9,12-13,18-19H2,1-6H3,(H,32,38)/t25-,28-/m0/s1. The van der Waals surface area contributed by atoms with Gasteiger partial charge in [0.25, 0.3) is 5.56 Å². The van der Waals surface area contributed by atoms with Crippen LogP contribution in [0.4, 0.5) is 0 Å². The van der Waals surface area contributed by atoms with Gasteiger partial charge in [0.15, 0.2) is 5.82 Å². The van der Waals surface area contributed by atoms with Gasteiger partial charge in [-0.25, -0.2) is 4.68 Å². The van der Waals surface area contributed by atoms with Gasteiger partial charge in [-0.2, -0.15) is 0 Å². The Bertz CT molecular complexity index is 1540. The van der Waals surface area contributed by atoms with Gasteiger partial charge in [0.2, 0.25) is 0 Å². The number of nitrogens with one attached hydrogen (secondary N) is 1. The van der Waals surface area contributed by atoms with Crippen molar-refractivity contribution in [2.24, 2.45) is 0 Å². The molecule has 1 fully saturated rings. The van der Waals surface area contributed by atoms with Crippen molar-refractivity contribution in [1.29, 1.82) is 0 Å². The largest absolute Gasteiger partial charge is 0.497 e. The maximum atomic E-state index is 13.9. The predicted molar refractivity (Wildman–Crippen MR) is 156 cm³/mol. The fourth-order valence-corrected chi connectivity index (χ4v) is 5.67. The molecule has 212 valence electrons. The van der Waals surface area contributed by atoms with Crippen molar-refractivity contribution in [3.63, 3.8) is 0 Å². The second-order valence-electron chi connectivity index (χ2n) is 11.5. The van der Waals surface area contributed by atoms with Gasteiger partial charge in [0.05, 0.1) is 24.3 Å². The van der Waals surface area contributed by atoms with Crippen LogP contribution in [-0.2, 0) is 16.8 Å². The summed E-state index contributed by atoms with van der Waals surface area (Å²) in [4.78, 5) is 19.4. The van der Waals surface area contributed by atoms with Crippen LogP contribution in [-0.4, -0.2) is 56.5 Å². The summed E-state index contributed by atoms with van der Waals surface area (Å²) in [7, 11) is 1.67. The molecule has 3 heterocycles. The van der Waals surface area contributed by atoms with Crippen LogP contribution >= 0.6 is 0 Å². The molecule has 2 atom stereocenters. The van der Waals surface area contributed by atoms with E-state index >= 15 is 0 Å². The smallest absolute Gasteiger partial charge is 0.253 e. The highest BCUT2D eigenvalue weighted by atomic mass is 16.5. The third-order valence-electron chi connectivity index (χ3n) is 8.14. The summed E-state index contributed by atoms with van der Waals surface area (Å²) < 4.78 is 13.5. The minimum Gasteiger partial charge on any atom is -0.497 e. The number of hydrogen-bond donors (Lipinski definition) is 1. The minimum atomic E-state index is -0.509. The molecular weight excluding hydrogens is 504 g/mol. The topological polar surface area (TPSA) is 98.2 Å². The van der Waals surface area contributed by atoms with Crippen molar-refractivity contribution < 1.29 is 9.47 Å². The second-order valence-corrected chi connectivity index (χ2v) is 11.5. The molecule has 0 saturated carbocycles. The lowest BCUT2D eigenvalue weighted by Crippen LogP contribution is -2.41. The Hall–Kier alpha value is -3.56. The average Bonchev–Trinajstić information content (AvgIpc) is 3.63. The zero-order valence-electron chi connectivity index (χ0n) is 24.4. The van der Waals surface area contributed by atoms with Gasteiger partial charge in [-0.1, -0.05) is 30.7 Å². The Kier molecular flexibility index (Phi) is 8.05. The summed E-state index contributed by atoms with van der Waals surface area (Å²) in [6.07, 6.45) is 2.88. The third kappa shape index (κ3) is 5.67. The summed E-state index contributed by atoms with van der Waals surface area (Å²) in [6.45, 7) is 12.4. The van der Waals surface area contributed by atoms with E-state index in [2.05, 4.69) is 71.3 Å². The van der Waals surface area contributed by atoms with E-state index in [4.69, 9.17) is 9.47 Å². The number of ether oxygens (including phenoxy) is 2. The van der Waals surface area contributed by atoms with Gasteiger partial charge < -0.3 is 14.5 Å². The number of aryl methyl sites for hydroxylation is 2. The molecule has 1 aliphatic rings.